The van der Waals surface area contributed by atoms with Crippen molar-refractivity contribution >= 4 is 16.7 Å². The Morgan fingerprint density at radius 1 is 0.972 bits per heavy atom. The molecule has 0 aliphatic carbocycles. The molecule has 0 bridgehead atoms. The van der Waals surface area contributed by atoms with Gasteiger partial charge in [0, 0.05) is 50.5 Å². The van der Waals surface area contributed by atoms with Crippen LogP contribution in [-0.4, -0.2) is 50.9 Å². The maximum Gasteiger partial charge on any atom is 0.254 e. The van der Waals surface area contributed by atoms with Crippen LogP contribution in [0.1, 0.15) is 53.4 Å². The molecule has 1 saturated heterocycles. The molecule has 1 aliphatic heterocycles. The summed E-state index contributed by atoms with van der Waals surface area (Å²) in [6, 6.07) is 23.3. The van der Waals surface area contributed by atoms with Gasteiger partial charge in [-0.15, -0.1) is 0 Å². The largest absolute Gasteiger partial charge is 0.336 e. The van der Waals surface area contributed by atoms with Crippen LogP contribution in [0.5, 0.6) is 0 Å². The SMILES string of the molecule is CCCCC1CN(C(=O)c2cccc3ccccc23)CCN1Cc1cncn1Cc1ccc(C)cc1. The lowest BCUT2D eigenvalue weighted by Crippen LogP contribution is -2.54. The number of unbranched alkanes of at least 4 members (excludes halogenated alkanes) is 1. The molecule has 5 heteroatoms. The van der Waals surface area contributed by atoms with Gasteiger partial charge in [-0.2, -0.15) is 0 Å². The summed E-state index contributed by atoms with van der Waals surface area (Å²) >= 11 is 0. The summed E-state index contributed by atoms with van der Waals surface area (Å²) in [7, 11) is 0. The van der Waals surface area contributed by atoms with Crippen molar-refractivity contribution < 1.29 is 4.79 Å². The summed E-state index contributed by atoms with van der Waals surface area (Å²) in [6.07, 6.45) is 7.37. The maximum absolute atomic E-state index is 13.6. The summed E-state index contributed by atoms with van der Waals surface area (Å²) in [6.45, 7) is 8.44. The molecule has 5 rings (SSSR count). The van der Waals surface area contributed by atoms with E-state index in [2.05, 4.69) is 75.7 Å². The van der Waals surface area contributed by atoms with Crippen molar-refractivity contribution in [2.45, 2.75) is 52.2 Å². The van der Waals surface area contributed by atoms with Crippen LogP contribution < -0.4 is 0 Å². The standard InChI is InChI=1S/C31H36N4O/c1-3-4-10-27-21-34(31(36)30-12-7-9-26-8-5-6-11-29(26)30)18-17-33(27)22-28-19-32-23-35(28)20-25-15-13-24(2)14-16-25/h5-9,11-16,19,23,27H,3-4,10,17-18,20-22H2,1-2H3. The third-order valence-corrected chi connectivity index (χ3v) is 7.44. The average Bonchev–Trinajstić information content (AvgIpc) is 3.35. The van der Waals surface area contributed by atoms with Crippen LogP contribution in [0, 0.1) is 6.92 Å². The predicted molar refractivity (Wildman–Crippen MR) is 146 cm³/mol. The van der Waals surface area contributed by atoms with Gasteiger partial charge in [0.25, 0.3) is 5.91 Å². The maximum atomic E-state index is 13.6. The van der Waals surface area contributed by atoms with Crippen LogP contribution in [0.4, 0.5) is 0 Å². The molecule has 1 aromatic heterocycles. The van der Waals surface area contributed by atoms with E-state index >= 15 is 0 Å². The van der Waals surface area contributed by atoms with E-state index in [1.165, 1.54) is 23.2 Å². The molecule has 5 nitrogen and oxygen atoms in total. The van der Waals surface area contributed by atoms with Crippen molar-refractivity contribution in [1.82, 2.24) is 19.4 Å². The van der Waals surface area contributed by atoms with Crippen molar-refractivity contribution in [3.8, 4) is 0 Å². The van der Waals surface area contributed by atoms with E-state index in [9.17, 15) is 4.79 Å². The molecule has 0 radical (unpaired) electrons. The highest BCUT2D eigenvalue weighted by atomic mass is 16.2. The van der Waals surface area contributed by atoms with Gasteiger partial charge >= 0.3 is 0 Å². The Kier molecular flexibility index (Phi) is 7.47. The van der Waals surface area contributed by atoms with E-state index in [-0.39, 0.29) is 5.91 Å². The first-order valence-corrected chi connectivity index (χ1v) is 13.2. The summed E-state index contributed by atoms with van der Waals surface area (Å²) in [5.41, 5.74) is 4.60. The molecule has 186 valence electrons. The summed E-state index contributed by atoms with van der Waals surface area (Å²) in [5, 5.41) is 2.16. The Morgan fingerprint density at radius 3 is 2.61 bits per heavy atom. The molecule has 1 amide bonds. The first kappa shape index (κ1) is 24.3. The molecule has 3 aromatic carbocycles. The van der Waals surface area contributed by atoms with Gasteiger partial charge in [-0.25, -0.2) is 4.98 Å². The van der Waals surface area contributed by atoms with Gasteiger partial charge in [0.2, 0.25) is 0 Å². The van der Waals surface area contributed by atoms with Gasteiger partial charge in [0.1, 0.15) is 0 Å². The first-order chi connectivity index (χ1) is 17.6. The van der Waals surface area contributed by atoms with Gasteiger partial charge in [-0.1, -0.05) is 86.0 Å². The van der Waals surface area contributed by atoms with E-state index in [1.807, 2.05) is 36.8 Å². The number of nitrogens with zero attached hydrogens (tertiary/aromatic N) is 4. The number of aromatic nitrogens is 2. The lowest BCUT2D eigenvalue weighted by atomic mass is 10.0. The number of carbonyl (C=O) groups excluding carboxylic acids is 1. The molecule has 0 saturated carbocycles. The molecule has 4 aromatic rings. The van der Waals surface area contributed by atoms with E-state index in [0.29, 0.717) is 6.04 Å². The second kappa shape index (κ2) is 11.1. The highest BCUT2D eigenvalue weighted by Crippen LogP contribution is 2.24. The Balaban J connectivity index is 1.31. The molecular weight excluding hydrogens is 444 g/mol. The summed E-state index contributed by atoms with van der Waals surface area (Å²) < 4.78 is 2.26. The van der Waals surface area contributed by atoms with Gasteiger partial charge in [0.05, 0.1) is 12.0 Å². The number of rotatable bonds is 8. The van der Waals surface area contributed by atoms with E-state index in [4.69, 9.17) is 0 Å². The predicted octanol–water partition coefficient (Wildman–Crippen LogP) is 5.91. The first-order valence-electron chi connectivity index (χ1n) is 13.2. The van der Waals surface area contributed by atoms with Gasteiger partial charge in [-0.3, -0.25) is 9.69 Å². The number of hydrogen-bond acceptors (Lipinski definition) is 3. The van der Waals surface area contributed by atoms with Crippen LogP contribution in [0.2, 0.25) is 0 Å². The number of hydrogen-bond donors (Lipinski definition) is 0. The summed E-state index contributed by atoms with van der Waals surface area (Å²) in [5.74, 6) is 0.150. The molecule has 1 atom stereocenters. The van der Waals surface area contributed by atoms with E-state index in [1.54, 1.807) is 0 Å². The second-order valence-electron chi connectivity index (χ2n) is 10.0. The van der Waals surface area contributed by atoms with E-state index in [0.717, 1.165) is 61.9 Å². The van der Waals surface area contributed by atoms with Gasteiger partial charge in [-0.05, 0) is 35.7 Å². The number of carbonyl (C=O) groups is 1. The lowest BCUT2D eigenvalue weighted by Gasteiger charge is -2.41. The molecule has 2 heterocycles. The van der Waals surface area contributed by atoms with Crippen molar-refractivity contribution in [2.24, 2.45) is 0 Å². The quantitative estimate of drug-likeness (QED) is 0.315. The van der Waals surface area contributed by atoms with Gasteiger partial charge in [0.15, 0.2) is 0 Å². The molecule has 36 heavy (non-hydrogen) atoms. The smallest absolute Gasteiger partial charge is 0.254 e. The van der Waals surface area contributed by atoms with Crippen LogP contribution in [0.3, 0.4) is 0 Å². The Bertz CT molecular complexity index is 1300. The third-order valence-electron chi connectivity index (χ3n) is 7.44. The zero-order valence-electron chi connectivity index (χ0n) is 21.4. The highest BCUT2D eigenvalue weighted by Gasteiger charge is 2.30. The molecule has 1 unspecified atom stereocenters. The number of aryl methyl sites for hydroxylation is 1. The minimum Gasteiger partial charge on any atom is -0.336 e. The lowest BCUT2D eigenvalue weighted by molar-refractivity contribution is 0.0429. The molecule has 1 aliphatic rings. The van der Waals surface area contributed by atoms with Crippen molar-refractivity contribution in [1.29, 1.82) is 0 Å². The van der Waals surface area contributed by atoms with E-state index < -0.39 is 0 Å². The zero-order valence-corrected chi connectivity index (χ0v) is 21.4. The van der Waals surface area contributed by atoms with Crippen LogP contribution in [-0.2, 0) is 13.1 Å². The fourth-order valence-electron chi connectivity index (χ4n) is 5.30. The number of imidazole rings is 1. The fourth-order valence-corrected chi connectivity index (χ4v) is 5.30. The molecule has 0 spiro atoms. The zero-order chi connectivity index (χ0) is 24.9. The van der Waals surface area contributed by atoms with Gasteiger partial charge < -0.3 is 9.47 Å². The average molecular weight is 481 g/mol. The number of benzene rings is 3. The minimum absolute atomic E-state index is 0.150. The fraction of sp³-hybridized carbons (Fsp3) is 0.355. The monoisotopic (exact) mass is 480 g/mol. The van der Waals surface area contributed by atoms with Crippen LogP contribution in [0.25, 0.3) is 10.8 Å². The number of amides is 1. The Hall–Kier alpha value is -3.44. The molecular formula is C31H36N4O. The molecule has 1 fully saturated rings. The van der Waals surface area contributed by atoms with Crippen molar-refractivity contribution in [3.05, 3.63) is 102 Å². The topological polar surface area (TPSA) is 41.4 Å². The minimum atomic E-state index is 0.150. The Morgan fingerprint density at radius 2 is 1.78 bits per heavy atom. The Labute approximate surface area is 214 Å². The highest BCUT2D eigenvalue weighted by molar-refractivity contribution is 6.07. The van der Waals surface area contributed by atoms with Crippen molar-refractivity contribution in [2.75, 3.05) is 19.6 Å². The third kappa shape index (κ3) is 5.36. The number of fused-ring (bicyclic) bond motifs is 1. The molecule has 0 N–H and O–H groups in total. The number of piperazine rings is 1. The summed E-state index contributed by atoms with van der Waals surface area (Å²) in [4.78, 5) is 22.7. The normalized spacial score (nSPS) is 16.5. The van der Waals surface area contributed by atoms with Crippen LogP contribution >= 0.6 is 0 Å². The van der Waals surface area contributed by atoms with Crippen molar-refractivity contribution in [3.63, 3.8) is 0 Å². The second-order valence-corrected chi connectivity index (χ2v) is 10.0. The van der Waals surface area contributed by atoms with Crippen LogP contribution in [0.15, 0.2) is 79.3 Å².